The molecule has 0 aliphatic rings. The largest absolute Gasteiger partial charge is 0.458 e. The van der Waals surface area contributed by atoms with E-state index in [0.717, 1.165) is 73.3 Å². The van der Waals surface area contributed by atoms with E-state index in [1.54, 1.807) is 0 Å². The van der Waals surface area contributed by atoms with E-state index in [1.165, 1.54) is 89.2 Å². The zero-order valence-electron chi connectivity index (χ0n) is 33.4. The van der Waals surface area contributed by atoms with Crippen LogP contribution in [0.2, 0.25) is 0 Å². The molecule has 0 heterocycles. The highest BCUT2D eigenvalue weighted by Gasteiger charge is 2.15. The van der Waals surface area contributed by atoms with Crippen LogP contribution < -0.4 is 0 Å². The lowest BCUT2D eigenvalue weighted by atomic mass is 9.91. The third-order valence-corrected chi connectivity index (χ3v) is 9.91. The van der Waals surface area contributed by atoms with Crippen LogP contribution in [0.3, 0.4) is 0 Å². The number of hydrogen-bond acceptors (Lipinski definition) is 5. The maximum absolute atomic E-state index is 12.4. The summed E-state index contributed by atoms with van der Waals surface area (Å²) in [6.07, 6.45) is 24.2. The summed E-state index contributed by atoms with van der Waals surface area (Å²) in [6, 6.07) is 0. The summed E-state index contributed by atoms with van der Waals surface area (Å²) in [4.78, 5) is 24.8. The molecule has 0 saturated carbocycles. The summed E-state index contributed by atoms with van der Waals surface area (Å²) in [5, 5.41) is 9.69. The van der Waals surface area contributed by atoms with Gasteiger partial charge in [-0.2, -0.15) is 0 Å². The van der Waals surface area contributed by atoms with Crippen molar-refractivity contribution < 1.29 is 24.2 Å². The van der Waals surface area contributed by atoms with Crippen molar-refractivity contribution in [2.24, 2.45) is 35.5 Å². The van der Waals surface area contributed by atoms with Crippen molar-refractivity contribution in [1.29, 1.82) is 0 Å². The van der Waals surface area contributed by atoms with Gasteiger partial charge in [0.05, 0.1) is 6.61 Å². The van der Waals surface area contributed by atoms with E-state index in [-0.39, 0.29) is 6.61 Å². The van der Waals surface area contributed by atoms with Crippen LogP contribution in [0.25, 0.3) is 0 Å². The molecule has 282 valence electrons. The maximum Gasteiger partial charge on any atom is 0.331 e. The summed E-state index contributed by atoms with van der Waals surface area (Å²) < 4.78 is 10.7. The van der Waals surface area contributed by atoms with Crippen LogP contribution in [0, 0.1) is 35.5 Å². The van der Waals surface area contributed by atoms with Gasteiger partial charge in [-0.05, 0) is 75.0 Å². The fourth-order valence-corrected chi connectivity index (χ4v) is 6.50. The Labute approximate surface area is 298 Å². The lowest BCUT2D eigenvalue weighted by Gasteiger charge is -2.16. The number of aliphatic hydroxyl groups excluding tert-OH is 1. The normalized spacial score (nSPS) is 15.8. The zero-order valence-corrected chi connectivity index (χ0v) is 33.4. The SMILES string of the molecule is C/C(=C\C(=O)OC[C@H](CO)OC(=O)/C=C(\C)CCC[C@H](C)CCC[C@H](C)CCCC(C)C)CCC[C@H](C)CCC[C@H](C)CCCC(C)C. The predicted molar refractivity (Wildman–Crippen MR) is 205 cm³/mol. The Morgan fingerprint density at radius 3 is 1.21 bits per heavy atom. The highest BCUT2D eigenvalue weighted by atomic mass is 16.6. The van der Waals surface area contributed by atoms with Crippen LogP contribution in [-0.2, 0) is 19.1 Å². The Morgan fingerprint density at radius 1 is 0.521 bits per heavy atom. The number of ether oxygens (including phenoxy) is 2. The van der Waals surface area contributed by atoms with Gasteiger partial charge in [0.25, 0.3) is 0 Å². The first kappa shape index (κ1) is 46.4. The van der Waals surface area contributed by atoms with Gasteiger partial charge in [0, 0.05) is 12.2 Å². The molecule has 0 fully saturated rings. The highest BCUT2D eigenvalue weighted by Crippen LogP contribution is 2.23. The van der Waals surface area contributed by atoms with Crippen molar-refractivity contribution in [3.63, 3.8) is 0 Å². The van der Waals surface area contributed by atoms with Crippen LogP contribution in [0.1, 0.15) is 185 Å². The summed E-state index contributed by atoms with van der Waals surface area (Å²) in [5.74, 6) is 3.69. The second-order valence-electron chi connectivity index (χ2n) is 16.6. The number of carbonyl (C=O) groups is 2. The molecule has 0 aromatic carbocycles. The predicted octanol–water partition coefficient (Wildman–Crippen LogP) is 12.2. The van der Waals surface area contributed by atoms with Crippen LogP contribution >= 0.6 is 0 Å². The van der Waals surface area contributed by atoms with E-state index in [4.69, 9.17) is 9.47 Å². The van der Waals surface area contributed by atoms with E-state index >= 15 is 0 Å². The van der Waals surface area contributed by atoms with Gasteiger partial charge in [-0.3, -0.25) is 0 Å². The van der Waals surface area contributed by atoms with Gasteiger partial charge >= 0.3 is 11.9 Å². The summed E-state index contributed by atoms with van der Waals surface area (Å²) in [6.45, 7) is 22.0. The molecule has 0 amide bonds. The summed E-state index contributed by atoms with van der Waals surface area (Å²) in [5.41, 5.74) is 1.96. The third-order valence-electron chi connectivity index (χ3n) is 9.91. The molecule has 0 aromatic heterocycles. The van der Waals surface area contributed by atoms with Gasteiger partial charge in [0.2, 0.25) is 0 Å². The second kappa shape index (κ2) is 29.1. The molecule has 1 N–H and O–H groups in total. The van der Waals surface area contributed by atoms with Gasteiger partial charge in [-0.25, -0.2) is 9.59 Å². The smallest absolute Gasteiger partial charge is 0.331 e. The minimum Gasteiger partial charge on any atom is -0.458 e. The highest BCUT2D eigenvalue weighted by molar-refractivity contribution is 5.83. The molecule has 0 aliphatic carbocycles. The maximum atomic E-state index is 12.4. The van der Waals surface area contributed by atoms with Gasteiger partial charge in [0.1, 0.15) is 6.61 Å². The molecule has 48 heavy (non-hydrogen) atoms. The first-order valence-corrected chi connectivity index (χ1v) is 20.0. The van der Waals surface area contributed by atoms with E-state index < -0.39 is 24.6 Å². The van der Waals surface area contributed by atoms with Crippen LogP contribution in [0.4, 0.5) is 0 Å². The van der Waals surface area contributed by atoms with Gasteiger partial charge in [0.15, 0.2) is 6.10 Å². The lowest BCUT2D eigenvalue weighted by Crippen LogP contribution is -2.27. The van der Waals surface area contributed by atoms with Gasteiger partial charge < -0.3 is 14.6 Å². The zero-order chi connectivity index (χ0) is 36.3. The van der Waals surface area contributed by atoms with E-state index in [9.17, 15) is 14.7 Å². The van der Waals surface area contributed by atoms with Gasteiger partial charge in [-0.1, -0.05) is 156 Å². The van der Waals surface area contributed by atoms with Crippen LogP contribution in [0.5, 0.6) is 0 Å². The Morgan fingerprint density at radius 2 is 0.854 bits per heavy atom. The standard InChI is InChI=1S/C43H80O5/c1-33(2)17-11-19-35(5)21-13-23-37(7)25-15-27-39(9)29-42(45)47-32-41(31-44)48-43(46)30-40(10)28-16-26-38(8)24-14-22-36(6)20-12-18-34(3)4/h29-30,33-38,41,44H,11-28,31-32H2,1-10H3/b39-29+,40-30+/t35-,36-,37-,38-,41+/m1/s1. The Hall–Kier alpha value is -1.62. The lowest BCUT2D eigenvalue weighted by molar-refractivity contribution is -0.155. The Bertz CT molecular complexity index is 872. The topological polar surface area (TPSA) is 72.8 Å². The van der Waals surface area contributed by atoms with E-state index in [1.807, 2.05) is 13.8 Å². The fraction of sp³-hybridized carbons (Fsp3) is 0.860. The van der Waals surface area contributed by atoms with Crippen molar-refractivity contribution in [1.82, 2.24) is 0 Å². The molecule has 0 saturated heterocycles. The van der Waals surface area contributed by atoms with Crippen molar-refractivity contribution in [2.45, 2.75) is 191 Å². The molecule has 5 atom stereocenters. The summed E-state index contributed by atoms with van der Waals surface area (Å²) in [7, 11) is 0. The minimum absolute atomic E-state index is 0.154. The molecule has 5 nitrogen and oxygen atoms in total. The number of rotatable bonds is 30. The molecule has 0 aromatic rings. The number of hydrogen-bond donors (Lipinski definition) is 1. The number of esters is 2. The van der Waals surface area contributed by atoms with Crippen molar-refractivity contribution in [2.75, 3.05) is 13.2 Å². The average molecular weight is 677 g/mol. The molecule has 0 unspecified atom stereocenters. The average Bonchev–Trinajstić information content (AvgIpc) is 2.98. The Kier molecular flexibility index (Phi) is 28.2. The van der Waals surface area contributed by atoms with E-state index in [2.05, 4.69) is 55.4 Å². The molecular weight excluding hydrogens is 596 g/mol. The van der Waals surface area contributed by atoms with Crippen molar-refractivity contribution in [3.8, 4) is 0 Å². The number of carbonyl (C=O) groups excluding carboxylic acids is 2. The molecule has 0 spiro atoms. The quantitative estimate of drug-likeness (QED) is 0.0605. The molecule has 5 heteroatoms. The van der Waals surface area contributed by atoms with E-state index in [0.29, 0.717) is 11.8 Å². The molecule has 0 aliphatic heterocycles. The molecule has 0 rings (SSSR count). The minimum atomic E-state index is -0.870. The third kappa shape index (κ3) is 29.3. The monoisotopic (exact) mass is 677 g/mol. The molecular formula is C43H80O5. The van der Waals surface area contributed by atoms with Crippen molar-refractivity contribution in [3.05, 3.63) is 23.3 Å². The first-order chi connectivity index (χ1) is 22.7. The first-order valence-electron chi connectivity index (χ1n) is 20.0. The molecule has 0 bridgehead atoms. The van der Waals surface area contributed by atoms with Crippen LogP contribution in [0.15, 0.2) is 23.3 Å². The summed E-state index contributed by atoms with van der Waals surface area (Å²) >= 11 is 0. The van der Waals surface area contributed by atoms with Gasteiger partial charge in [-0.15, -0.1) is 0 Å². The Balaban J connectivity index is 4.21. The van der Waals surface area contributed by atoms with Crippen LogP contribution in [-0.4, -0.2) is 36.4 Å². The van der Waals surface area contributed by atoms with Crippen molar-refractivity contribution >= 4 is 11.9 Å². The number of allylic oxidation sites excluding steroid dienone is 2. The number of aliphatic hydroxyl groups is 1. The second-order valence-corrected chi connectivity index (χ2v) is 16.6. The fourth-order valence-electron chi connectivity index (χ4n) is 6.50. The molecule has 0 radical (unpaired) electrons.